The number of aliphatic hydroxyl groups is 1. The molecule has 2 aliphatic rings. The van der Waals surface area contributed by atoms with Gasteiger partial charge in [0.05, 0.1) is 5.60 Å². The summed E-state index contributed by atoms with van der Waals surface area (Å²) in [4.78, 5) is 2.58. The van der Waals surface area contributed by atoms with Crippen molar-refractivity contribution < 1.29 is 14.6 Å². The summed E-state index contributed by atoms with van der Waals surface area (Å²) >= 11 is 0. The minimum Gasteiger partial charge on any atom is -0.485 e. The van der Waals surface area contributed by atoms with Crippen LogP contribution < -0.4 is 9.47 Å². The smallest absolute Gasteiger partial charge is 0.162 e. The molecule has 0 bridgehead atoms. The van der Waals surface area contributed by atoms with Crippen molar-refractivity contribution in [1.29, 1.82) is 0 Å². The quantitative estimate of drug-likeness (QED) is 0.293. The molecule has 1 fully saturated rings. The van der Waals surface area contributed by atoms with E-state index in [1.807, 2.05) is 43.3 Å². The predicted molar refractivity (Wildman–Crippen MR) is 150 cm³/mol. The number of piperidine rings is 1. The number of nitrogens with zero attached hydrogens (tertiary/aromatic N) is 1. The number of rotatable bonds is 7. The minimum atomic E-state index is -0.746. The van der Waals surface area contributed by atoms with E-state index < -0.39 is 5.60 Å². The highest BCUT2D eigenvalue weighted by Crippen LogP contribution is 2.50. The Labute approximate surface area is 225 Å². The molecule has 1 saturated heterocycles. The minimum absolute atomic E-state index is 0.120. The van der Waals surface area contributed by atoms with Crippen LogP contribution in [0.5, 0.6) is 11.5 Å². The summed E-state index contributed by atoms with van der Waals surface area (Å²) in [5, 5.41) is 11.4. The highest BCUT2D eigenvalue weighted by molar-refractivity contribution is 5.50. The Morgan fingerprint density at radius 1 is 0.737 bits per heavy atom. The van der Waals surface area contributed by atoms with Gasteiger partial charge in [-0.25, -0.2) is 0 Å². The van der Waals surface area contributed by atoms with Crippen LogP contribution in [0.4, 0.5) is 0 Å². The molecule has 38 heavy (non-hydrogen) atoms. The molecule has 0 spiro atoms. The zero-order valence-corrected chi connectivity index (χ0v) is 21.9. The van der Waals surface area contributed by atoms with Crippen molar-refractivity contribution >= 4 is 0 Å². The second-order valence-electron chi connectivity index (χ2n) is 10.9. The fourth-order valence-electron chi connectivity index (χ4n) is 6.04. The molecule has 0 aliphatic carbocycles. The molecule has 0 saturated carbocycles. The molecular formula is C34H35NO3. The predicted octanol–water partition coefficient (Wildman–Crippen LogP) is 7.03. The Hall–Kier alpha value is -3.60. The Morgan fingerprint density at radius 3 is 1.87 bits per heavy atom. The highest BCUT2D eigenvalue weighted by Gasteiger charge is 2.44. The van der Waals surface area contributed by atoms with Crippen molar-refractivity contribution in [1.82, 2.24) is 4.90 Å². The lowest BCUT2D eigenvalue weighted by molar-refractivity contribution is -0.0690. The average molecular weight is 506 g/mol. The van der Waals surface area contributed by atoms with Crippen molar-refractivity contribution in [3.05, 3.63) is 131 Å². The third kappa shape index (κ3) is 5.33. The maximum atomic E-state index is 11.4. The molecule has 3 atom stereocenters. The molecular weight excluding hydrogens is 470 g/mol. The fourth-order valence-corrected chi connectivity index (χ4v) is 6.04. The van der Waals surface area contributed by atoms with E-state index in [9.17, 15) is 5.11 Å². The van der Waals surface area contributed by atoms with Gasteiger partial charge < -0.3 is 14.6 Å². The van der Waals surface area contributed by atoms with Crippen LogP contribution in [-0.4, -0.2) is 22.2 Å². The van der Waals surface area contributed by atoms with Crippen LogP contribution in [0, 0.1) is 0 Å². The van der Waals surface area contributed by atoms with E-state index in [4.69, 9.17) is 9.47 Å². The van der Waals surface area contributed by atoms with E-state index in [0.29, 0.717) is 19.6 Å². The first-order chi connectivity index (χ1) is 18.6. The van der Waals surface area contributed by atoms with E-state index >= 15 is 0 Å². The molecule has 1 N–H and O–H groups in total. The third-order valence-electron chi connectivity index (χ3n) is 7.93. The first-order valence-electron chi connectivity index (χ1n) is 13.6. The first-order valence-corrected chi connectivity index (χ1v) is 13.6. The molecule has 194 valence electrons. The monoisotopic (exact) mass is 505 g/mol. The van der Waals surface area contributed by atoms with Crippen LogP contribution in [0.2, 0.25) is 0 Å². The molecule has 6 rings (SSSR count). The lowest BCUT2D eigenvalue weighted by Gasteiger charge is -2.51. The van der Waals surface area contributed by atoms with Gasteiger partial charge in [0.15, 0.2) is 11.5 Å². The second kappa shape index (κ2) is 10.6. The maximum Gasteiger partial charge on any atom is 0.162 e. The summed E-state index contributed by atoms with van der Waals surface area (Å²) < 4.78 is 12.8. The van der Waals surface area contributed by atoms with Crippen LogP contribution in [0.15, 0.2) is 103 Å². The summed E-state index contributed by atoms with van der Waals surface area (Å²) in [6.45, 7) is 3.90. The van der Waals surface area contributed by atoms with E-state index in [-0.39, 0.29) is 12.1 Å². The zero-order chi connectivity index (χ0) is 26.0. The van der Waals surface area contributed by atoms with E-state index in [2.05, 4.69) is 71.6 Å². The molecule has 2 heterocycles. The largest absolute Gasteiger partial charge is 0.485 e. The normalized spacial score (nSPS) is 22.8. The Bertz CT molecular complexity index is 1350. The van der Waals surface area contributed by atoms with Crippen molar-refractivity contribution in [2.45, 2.75) is 57.1 Å². The van der Waals surface area contributed by atoms with Gasteiger partial charge in [0, 0.05) is 18.6 Å². The number of fused-ring (bicyclic) bond motifs is 3. The van der Waals surface area contributed by atoms with Gasteiger partial charge in [-0.1, -0.05) is 91.0 Å². The molecule has 4 heteroatoms. The van der Waals surface area contributed by atoms with Crippen molar-refractivity contribution in [2.24, 2.45) is 0 Å². The van der Waals surface area contributed by atoms with Gasteiger partial charge in [0.25, 0.3) is 0 Å². The summed E-state index contributed by atoms with van der Waals surface area (Å²) in [5.74, 6) is 1.53. The van der Waals surface area contributed by atoms with Crippen LogP contribution in [0.1, 0.15) is 59.7 Å². The standard InChI is InChI=1S/C34H35NO3/c1-34(36)21-30(27-15-9-4-10-16-27)35-18-17-28-19-32(37-23-25-11-5-2-6-12-25)33(20-29(28)31(35)22-34)38-24-26-13-7-3-8-14-26/h2-16,19-20,30-31,36H,17-18,21-24H2,1H3/t30-,31-,34+/m0/s1. The van der Waals surface area contributed by atoms with Gasteiger partial charge in [-0.2, -0.15) is 0 Å². The highest BCUT2D eigenvalue weighted by atomic mass is 16.5. The Balaban J connectivity index is 1.34. The molecule has 4 aromatic carbocycles. The second-order valence-corrected chi connectivity index (χ2v) is 10.9. The molecule has 0 aromatic heterocycles. The molecule has 4 aromatic rings. The average Bonchev–Trinajstić information content (AvgIpc) is 2.95. The SMILES string of the molecule is C[C@@]1(O)C[C@@H](c2ccccc2)N2CCc3cc(OCc4ccccc4)c(OCc4ccccc4)cc3[C@@H]2C1. The van der Waals surface area contributed by atoms with Gasteiger partial charge in [-0.05, 0) is 66.1 Å². The number of hydrogen-bond donors (Lipinski definition) is 1. The molecule has 2 aliphatic heterocycles. The Morgan fingerprint density at radius 2 is 1.26 bits per heavy atom. The maximum absolute atomic E-state index is 11.4. The topological polar surface area (TPSA) is 41.9 Å². The number of ether oxygens (including phenoxy) is 2. The Kier molecular flexibility index (Phi) is 6.92. The lowest BCUT2D eigenvalue weighted by Crippen LogP contribution is -2.49. The van der Waals surface area contributed by atoms with E-state index in [1.165, 1.54) is 16.7 Å². The summed E-state index contributed by atoms with van der Waals surface area (Å²) in [7, 11) is 0. The summed E-state index contributed by atoms with van der Waals surface area (Å²) in [5.41, 5.74) is 5.29. The molecule has 4 nitrogen and oxygen atoms in total. The van der Waals surface area contributed by atoms with Crippen LogP contribution in [0.25, 0.3) is 0 Å². The first kappa shape index (κ1) is 24.7. The van der Waals surface area contributed by atoms with Gasteiger partial charge in [-0.15, -0.1) is 0 Å². The van der Waals surface area contributed by atoms with Crippen molar-refractivity contribution in [3.63, 3.8) is 0 Å². The van der Waals surface area contributed by atoms with Gasteiger partial charge in [0.1, 0.15) is 13.2 Å². The van der Waals surface area contributed by atoms with Crippen molar-refractivity contribution in [2.75, 3.05) is 6.54 Å². The van der Waals surface area contributed by atoms with E-state index in [1.54, 1.807) is 0 Å². The summed E-state index contributed by atoms with van der Waals surface area (Å²) in [6, 6.07) is 35.8. The molecule has 0 unspecified atom stereocenters. The van der Waals surface area contributed by atoms with Crippen molar-refractivity contribution in [3.8, 4) is 11.5 Å². The van der Waals surface area contributed by atoms with Crippen LogP contribution in [-0.2, 0) is 19.6 Å². The molecule has 0 amide bonds. The van der Waals surface area contributed by atoms with Gasteiger partial charge in [0.2, 0.25) is 0 Å². The van der Waals surface area contributed by atoms with E-state index in [0.717, 1.165) is 42.0 Å². The van der Waals surface area contributed by atoms with Crippen LogP contribution >= 0.6 is 0 Å². The molecule has 0 radical (unpaired) electrons. The number of hydrogen-bond acceptors (Lipinski definition) is 4. The van der Waals surface area contributed by atoms with Gasteiger partial charge >= 0.3 is 0 Å². The van der Waals surface area contributed by atoms with Gasteiger partial charge in [-0.3, -0.25) is 4.90 Å². The lowest BCUT2D eigenvalue weighted by atomic mass is 9.75. The third-order valence-corrected chi connectivity index (χ3v) is 7.93. The fraction of sp³-hybridized carbons (Fsp3) is 0.294. The van der Waals surface area contributed by atoms with Crippen LogP contribution in [0.3, 0.4) is 0 Å². The summed E-state index contributed by atoms with van der Waals surface area (Å²) in [6.07, 6.45) is 2.38. The number of benzene rings is 4. The zero-order valence-electron chi connectivity index (χ0n) is 21.9.